The Kier molecular flexibility index (Phi) is 5.28. The van der Waals surface area contributed by atoms with Crippen molar-refractivity contribution in [3.8, 4) is 0 Å². The number of hydrogen-bond donors (Lipinski definition) is 2. The number of nitrogens with one attached hydrogen (secondary N) is 1. The van der Waals surface area contributed by atoms with Crippen molar-refractivity contribution in [3.63, 3.8) is 0 Å². The summed E-state index contributed by atoms with van der Waals surface area (Å²) >= 11 is 0. The van der Waals surface area contributed by atoms with E-state index in [9.17, 15) is 9.59 Å². The number of carbonyl (C=O) groups is 2. The summed E-state index contributed by atoms with van der Waals surface area (Å²) in [7, 11) is 0. The molecule has 1 unspecified atom stereocenters. The molecule has 1 amide bonds. The molecule has 12 heavy (non-hydrogen) atoms. The van der Waals surface area contributed by atoms with Crippen LogP contribution in [0.1, 0.15) is 26.7 Å². The first-order valence-corrected chi connectivity index (χ1v) is 3.98. The first-order chi connectivity index (χ1) is 5.60. The Hall–Kier alpha value is -0.900. The Morgan fingerprint density at radius 1 is 1.58 bits per heavy atom. The molecule has 1 atom stereocenters. The molecular weight excluding hydrogens is 158 g/mol. The van der Waals surface area contributed by atoms with Crippen LogP contribution < -0.4 is 5.48 Å². The molecule has 0 heterocycles. The highest BCUT2D eigenvalue weighted by Crippen LogP contribution is 2.12. The molecule has 0 fully saturated rings. The zero-order valence-corrected chi connectivity index (χ0v) is 7.41. The second-order valence-corrected chi connectivity index (χ2v) is 3.26. The Morgan fingerprint density at radius 2 is 2.17 bits per heavy atom. The SMILES string of the molecule is CC(C)CC(C=O)CC(=O)NO. The molecule has 0 spiro atoms. The molecule has 0 aliphatic heterocycles. The van der Waals surface area contributed by atoms with Gasteiger partial charge in [0.05, 0.1) is 0 Å². The molecule has 0 aliphatic rings. The standard InChI is InChI=1S/C8H15NO3/c1-6(2)3-7(5-10)4-8(11)9-12/h5-7,12H,3-4H2,1-2H3,(H,9,11). The van der Waals surface area contributed by atoms with Crippen molar-refractivity contribution in [2.24, 2.45) is 11.8 Å². The molecule has 4 nitrogen and oxygen atoms in total. The van der Waals surface area contributed by atoms with Crippen molar-refractivity contribution in [3.05, 3.63) is 0 Å². The molecule has 4 heteroatoms. The van der Waals surface area contributed by atoms with E-state index >= 15 is 0 Å². The van der Waals surface area contributed by atoms with Crippen LogP contribution in [0.3, 0.4) is 0 Å². The molecule has 0 saturated heterocycles. The van der Waals surface area contributed by atoms with Gasteiger partial charge in [-0.3, -0.25) is 10.0 Å². The van der Waals surface area contributed by atoms with Crippen LogP contribution in [0.2, 0.25) is 0 Å². The summed E-state index contributed by atoms with van der Waals surface area (Å²) < 4.78 is 0. The second kappa shape index (κ2) is 5.71. The van der Waals surface area contributed by atoms with E-state index in [-0.39, 0.29) is 12.3 Å². The van der Waals surface area contributed by atoms with E-state index in [4.69, 9.17) is 5.21 Å². The lowest BCUT2D eigenvalue weighted by Crippen LogP contribution is -2.23. The van der Waals surface area contributed by atoms with E-state index in [1.807, 2.05) is 13.8 Å². The Bertz CT molecular complexity index is 156. The number of carbonyl (C=O) groups excluding carboxylic acids is 2. The highest BCUT2D eigenvalue weighted by Gasteiger charge is 2.13. The van der Waals surface area contributed by atoms with E-state index in [1.54, 1.807) is 0 Å². The van der Waals surface area contributed by atoms with Gasteiger partial charge in [-0.25, -0.2) is 5.48 Å². The maximum Gasteiger partial charge on any atom is 0.244 e. The van der Waals surface area contributed by atoms with Crippen molar-refractivity contribution in [2.75, 3.05) is 0 Å². The molecule has 0 aromatic heterocycles. The van der Waals surface area contributed by atoms with Gasteiger partial charge in [0, 0.05) is 12.3 Å². The van der Waals surface area contributed by atoms with E-state index in [1.165, 1.54) is 5.48 Å². The lowest BCUT2D eigenvalue weighted by Gasteiger charge is -2.10. The highest BCUT2D eigenvalue weighted by atomic mass is 16.5. The molecule has 2 N–H and O–H groups in total. The van der Waals surface area contributed by atoms with Gasteiger partial charge in [-0.2, -0.15) is 0 Å². The summed E-state index contributed by atoms with van der Waals surface area (Å²) in [5, 5.41) is 8.20. The predicted octanol–water partition coefficient (Wildman–Crippen LogP) is 0.743. The first kappa shape index (κ1) is 11.1. The fourth-order valence-electron chi connectivity index (χ4n) is 1.08. The number of rotatable bonds is 5. The minimum Gasteiger partial charge on any atom is -0.303 e. The van der Waals surface area contributed by atoms with Gasteiger partial charge in [-0.05, 0) is 12.3 Å². The smallest absolute Gasteiger partial charge is 0.244 e. The van der Waals surface area contributed by atoms with Crippen molar-refractivity contribution in [1.82, 2.24) is 5.48 Å². The van der Waals surface area contributed by atoms with E-state index < -0.39 is 5.91 Å². The fraction of sp³-hybridized carbons (Fsp3) is 0.750. The van der Waals surface area contributed by atoms with Gasteiger partial charge in [0.2, 0.25) is 5.91 Å². The Balaban J connectivity index is 3.82. The van der Waals surface area contributed by atoms with Gasteiger partial charge in [-0.1, -0.05) is 13.8 Å². The highest BCUT2D eigenvalue weighted by molar-refractivity contribution is 5.77. The number of hydrogen-bond acceptors (Lipinski definition) is 3. The quantitative estimate of drug-likeness (QED) is 0.366. The van der Waals surface area contributed by atoms with Crippen LogP contribution in [-0.4, -0.2) is 17.4 Å². The molecule has 0 aromatic carbocycles. The van der Waals surface area contributed by atoms with Gasteiger partial charge >= 0.3 is 0 Å². The van der Waals surface area contributed by atoms with Gasteiger partial charge in [0.15, 0.2) is 0 Å². The van der Waals surface area contributed by atoms with E-state index in [0.29, 0.717) is 12.3 Å². The molecule has 0 aromatic rings. The number of hydroxylamine groups is 1. The van der Waals surface area contributed by atoms with Crippen LogP contribution in [-0.2, 0) is 9.59 Å². The number of aldehydes is 1. The normalized spacial score (nSPS) is 12.7. The third kappa shape index (κ3) is 4.85. The molecule has 0 saturated carbocycles. The van der Waals surface area contributed by atoms with Crippen LogP contribution in [0, 0.1) is 11.8 Å². The van der Waals surface area contributed by atoms with Gasteiger partial charge in [-0.15, -0.1) is 0 Å². The van der Waals surface area contributed by atoms with E-state index in [2.05, 4.69) is 0 Å². The monoisotopic (exact) mass is 173 g/mol. The fourth-order valence-corrected chi connectivity index (χ4v) is 1.08. The Morgan fingerprint density at radius 3 is 2.50 bits per heavy atom. The third-order valence-corrected chi connectivity index (χ3v) is 1.54. The largest absolute Gasteiger partial charge is 0.303 e. The second-order valence-electron chi connectivity index (χ2n) is 3.26. The van der Waals surface area contributed by atoms with Gasteiger partial charge in [0.1, 0.15) is 6.29 Å². The third-order valence-electron chi connectivity index (χ3n) is 1.54. The van der Waals surface area contributed by atoms with Crippen molar-refractivity contribution < 1.29 is 14.8 Å². The molecule has 70 valence electrons. The minimum atomic E-state index is -0.507. The summed E-state index contributed by atoms with van der Waals surface area (Å²) in [5.41, 5.74) is 1.51. The average Bonchev–Trinajstić information content (AvgIpc) is 2.02. The van der Waals surface area contributed by atoms with Crippen molar-refractivity contribution in [1.29, 1.82) is 0 Å². The first-order valence-electron chi connectivity index (χ1n) is 3.98. The lowest BCUT2D eigenvalue weighted by atomic mass is 9.95. The molecule has 0 radical (unpaired) electrons. The summed E-state index contributed by atoms with van der Waals surface area (Å²) in [4.78, 5) is 21.1. The van der Waals surface area contributed by atoms with Crippen LogP contribution in [0.5, 0.6) is 0 Å². The van der Waals surface area contributed by atoms with Crippen LogP contribution >= 0.6 is 0 Å². The summed E-state index contributed by atoms with van der Waals surface area (Å²) in [6, 6.07) is 0. The summed E-state index contributed by atoms with van der Waals surface area (Å²) in [6.45, 7) is 3.96. The predicted molar refractivity (Wildman–Crippen MR) is 43.6 cm³/mol. The molecular formula is C8H15NO3. The van der Waals surface area contributed by atoms with Crippen LogP contribution in [0.15, 0.2) is 0 Å². The summed E-state index contributed by atoms with van der Waals surface area (Å²) in [5.74, 6) is -0.406. The molecule has 0 rings (SSSR count). The van der Waals surface area contributed by atoms with Crippen LogP contribution in [0.4, 0.5) is 0 Å². The Labute approximate surface area is 71.9 Å². The molecule has 0 bridgehead atoms. The molecule has 0 aliphatic carbocycles. The summed E-state index contributed by atoms with van der Waals surface area (Å²) in [6.07, 6.45) is 1.50. The van der Waals surface area contributed by atoms with E-state index in [0.717, 1.165) is 6.29 Å². The number of amides is 1. The van der Waals surface area contributed by atoms with Gasteiger partial charge in [0.25, 0.3) is 0 Å². The van der Waals surface area contributed by atoms with Crippen molar-refractivity contribution >= 4 is 12.2 Å². The lowest BCUT2D eigenvalue weighted by molar-refractivity contribution is -0.131. The maximum atomic E-state index is 10.6. The zero-order valence-electron chi connectivity index (χ0n) is 7.41. The van der Waals surface area contributed by atoms with Crippen molar-refractivity contribution in [2.45, 2.75) is 26.7 Å². The topological polar surface area (TPSA) is 66.4 Å². The zero-order chi connectivity index (χ0) is 9.56. The van der Waals surface area contributed by atoms with Gasteiger partial charge < -0.3 is 4.79 Å². The minimum absolute atomic E-state index is 0.0676. The maximum absolute atomic E-state index is 10.6. The average molecular weight is 173 g/mol. The van der Waals surface area contributed by atoms with Crippen LogP contribution in [0.25, 0.3) is 0 Å².